The smallest absolute Gasteiger partial charge is 0.159 e. The molecule has 2 heteroatoms. The average molecular weight is 300 g/mol. The van der Waals surface area contributed by atoms with Crippen molar-refractivity contribution in [3.8, 4) is 0 Å². The number of carbonyl (C=O) groups is 1. The first-order valence-electron chi connectivity index (χ1n) is 8.86. The fraction of sp³-hybridized carbons (Fsp3) is 0.750. The van der Waals surface area contributed by atoms with Crippen LogP contribution >= 0.6 is 0 Å². The molecule has 1 saturated carbocycles. The first kappa shape index (κ1) is 14.7. The van der Waals surface area contributed by atoms with Gasteiger partial charge in [-0.05, 0) is 56.4 Å². The summed E-state index contributed by atoms with van der Waals surface area (Å²) in [5, 5.41) is 0. The van der Waals surface area contributed by atoms with Crippen molar-refractivity contribution in [2.45, 2.75) is 77.9 Å². The molecule has 4 rings (SSSR count). The summed E-state index contributed by atoms with van der Waals surface area (Å²) in [6.45, 7) is 11.2. The van der Waals surface area contributed by atoms with E-state index in [1.807, 2.05) is 0 Å². The number of allylic oxidation sites excluding steroid dienone is 3. The lowest BCUT2D eigenvalue weighted by Crippen LogP contribution is -2.35. The maximum atomic E-state index is 12.7. The summed E-state index contributed by atoms with van der Waals surface area (Å²) in [6, 6.07) is 0. The molecule has 0 unspecified atom stereocenters. The second-order valence-corrected chi connectivity index (χ2v) is 8.85. The molecule has 0 N–H and O–H groups in total. The van der Waals surface area contributed by atoms with Gasteiger partial charge in [0.2, 0.25) is 0 Å². The monoisotopic (exact) mass is 300 g/mol. The van der Waals surface area contributed by atoms with Gasteiger partial charge in [-0.2, -0.15) is 0 Å². The second kappa shape index (κ2) is 4.14. The Morgan fingerprint density at radius 1 is 1.32 bits per heavy atom. The zero-order valence-corrected chi connectivity index (χ0v) is 14.6. The molecule has 3 aliphatic carbocycles. The number of ether oxygens (including phenoxy) is 1. The molecule has 1 saturated heterocycles. The minimum absolute atomic E-state index is 0.000707. The van der Waals surface area contributed by atoms with E-state index in [9.17, 15) is 4.79 Å². The van der Waals surface area contributed by atoms with Gasteiger partial charge in [0.05, 0.1) is 5.60 Å². The molecule has 0 aromatic heterocycles. The summed E-state index contributed by atoms with van der Waals surface area (Å²) in [5.41, 5.74) is 4.07. The van der Waals surface area contributed by atoms with Gasteiger partial charge in [-0.25, -0.2) is 0 Å². The maximum absolute atomic E-state index is 12.7. The standard InChI is InChI=1S/C20H28O2/c1-12(2)17-15-7-6-13(3)14-8-9-19(5)20(14,22-19)11-18(15,4)10-16(17)21/h6,12,14H,7-11H2,1-5H3/b13-6-/t14-,18-,19-,20+/m0/s1. The molecule has 2 nitrogen and oxygen atoms in total. The molecule has 22 heavy (non-hydrogen) atoms. The van der Waals surface area contributed by atoms with E-state index in [2.05, 4.69) is 40.7 Å². The average Bonchev–Trinajstić information content (AvgIpc) is 2.74. The van der Waals surface area contributed by atoms with E-state index < -0.39 is 0 Å². The molecular formula is C20H28O2. The Balaban J connectivity index is 1.84. The molecule has 1 aliphatic heterocycles. The van der Waals surface area contributed by atoms with Gasteiger partial charge in [-0.3, -0.25) is 4.79 Å². The lowest BCUT2D eigenvalue weighted by atomic mass is 9.67. The highest BCUT2D eigenvalue weighted by atomic mass is 16.6. The third kappa shape index (κ3) is 1.62. The minimum atomic E-state index is 0.000707. The molecule has 0 aromatic rings. The highest BCUT2D eigenvalue weighted by Crippen LogP contribution is 2.70. The molecule has 120 valence electrons. The van der Waals surface area contributed by atoms with Crippen LogP contribution in [0.4, 0.5) is 0 Å². The van der Waals surface area contributed by atoms with Gasteiger partial charge in [0.1, 0.15) is 5.60 Å². The number of epoxide rings is 1. The van der Waals surface area contributed by atoms with E-state index in [1.54, 1.807) is 0 Å². The molecule has 0 amide bonds. The fourth-order valence-electron chi connectivity index (χ4n) is 5.90. The fourth-order valence-corrected chi connectivity index (χ4v) is 5.90. The molecule has 0 bridgehead atoms. The van der Waals surface area contributed by atoms with E-state index >= 15 is 0 Å². The van der Waals surface area contributed by atoms with Crippen LogP contribution in [0, 0.1) is 17.3 Å². The molecule has 2 fully saturated rings. The van der Waals surface area contributed by atoms with Crippen molar-refractivity contribution in [2.75, 3.05) is 0 Å². The van der Waals surface area contributed by atoms with Gasteiger partial charge in [-0.15, -0.1) is 0 Å². The minimum Gasteiger partial charge on any atom is -0.362 e. The topological polar surface area (TPSA) is 29.6 Å². The highest BCUT2D eigenvalue weighted by molar-refractivity contribution is 6.00. The molecule has 1 spiro atoms. The van der Waals surface area contributed by atoms with Crippen molar-refractivity contribution < 1.29 is 9.53 Å². The SMILES string of the molecule is C/C1=C/CC2=C(C(C)C)C(=O)C[C@@]2(C)C[C@]23O[C@@]2(C)CC[C@@H]13. The summed E-state index contributed by atoms with van der Waals surface area (Å²) in [4.78, 5) is 12.7. The molecule has 1 heterocycles. The Morgan fingerprint density at radius 2 is 2.05 bits per heavy atom. The number of Topliss-reactive ketones (excluding diaryl/α,β-unsaturated/α-hetero) is 1. The van der Waals surface area contributed by atoms with E-state index in [0.29, 0.717) is 24.0 Å². The third-order valence-corrected chi connectivity index (χ3v) is 7.05. The third-order valence-electron chi connectivity index (χ3n) is 7.05. The Bertz CT molecular complexity index is 626. The number of hydrogen-bond donors (Lipinski definition) is 0. The van der Waals surface area contributed by atoms with Crippen LogP contribution in [0.3, 0.4) is 0 Å². The van der Waals surface area contributed by atoms with Crippen LogP contribution in [0.15, 0.2) is 22.8 Å². The van der Waals surface area contributed by atoms with E-state index in [4.69, 9.17) is 4.74 Å². The van der Waals surface area contributed by atoms with Crippen LogP contribution in [0.1, 0.15) is 66.7 Å². The first-order chi connectivity index (χ1) is 10.2. The predicted molar refractivity (Wildman–Crippen MR) is 87.5 cm³/mol. The van der Waals surface area contributed by atoms with E-state index in [0.717, 1.165) is 18.4 Å². The Hall–Kier alpha value is -0.890. The van der Waals surface area contributed by atoms with Crippen LogP contribution in [0.25, 0.3) is 0 Å². The van der Waals surface area contributed by atoms with E-state index in [-0.39, 0.29) is 16.6 Å². The van der Waals surface area contributed by atoms with Gasteiger partial charge >= 0.3 is 0 Å². The maximum Gasteiger partial charge on any atom is 0.159 e. The number of carbonyl (C=O) groups excluding carboxylic acids is 1. The summed E-state index contributed by atoms with van der Waals surface area (Å²) in [7, 11) is 0. The number of fused-ring (bicyclic) bond motifs is 1. The second-order valence-electron chi connectivity index (χ2n) is 8.85. The van der Waals surface area contributed by atoms with Gasteiger partial charge in [-0.1, -0.05) is 38.0 Å². The zero-order chi connectivity index (χ0) is 15.9. The van der Waals surface area contributed by atoms with Crippen LogP contribution in [0.2, 0.25) is 0 Å². The zero-order valence-electron chi connectivity index (χ0n) is 14.6. The number of hydrogen-bond acceptors (Lipinski definition) is 2. The Labute approximate surface area is 134 Å². The molecule has 0 radical (unpaired) electrons. The van der Waals surface area contributed by atoms with Gasteiger partial charge in [0.25, 0.3) is 0 Å². The summed E-state index contributed by atoms with van der Waals surface area (Å²) in [5.74, 6) is 1.28. The number of ketones is 1. The van der Waals surface area contributed by atoms with Gasteiger partial charge in [0, 0.05) is 12.3 Å². The van der Waals surface area contributed by atoms with Crippen molar-refractivity contribution in [3.63, 3.8) is 0 Å². The van der Waals surface area contributed by atoms with Crippen LogP contribution in [0.5, 0.6) is 0 Å². The van der Waals surface area contributed by atoms with Gasteiger partial charge < -0.3 is 4.74 Å². The summed E-state index contributed by atoms with van der Waals surface area (Å²) < 4.78 is 6.37. The van der Waals surface area contributed by atoms with Crippen molar-refractivity contribution in [1.82, 2.24) is 0 Å². The molecular weight excluding hydrogens is 272 g/mol. The van der Waals surface area contributed by atoms with Gasteiger partial charge in [0.15, 0.2) is 5.78 Å². The molecule has 4 atom stereocenters. The normalized spacial score (nSPS) is 49.3. The Kier molecular flexibility index (Phi) is 2.76. The molecule has 4 aliphatic rings. The quantitative estimate of drug-likeness (QED) is 0.523. The van der Waals surface area contributed by atoms with Crippen molar-refractivity contribution in [1.29, 1.82) is 0 Å². The predicted octanol–water partition coefficient (Wildman–Crippen LogP) is 4.60. The lowest BCUT2D eigenvalue weighted by Gasteiger charge is -2.36. The number of rotatable bonds is 1. The molecule has 0 aromatic carbocycles. The summed E-state index contributed by atoms with van der Waals surface area (Å²) >= 11 is 0. The van der Waals surface area contributed by atoms with Crippen LogP contribution in [-0.4, -0.2) is 17.0 Å². The lowest BCUT2D eigenvalue weighted by molar-refractivity contribution is -0.116. The van der Waals surface area contributed by atoms with E-state index in [1.165, 1.54) is 24.0 Å². The van der Waals surface area contributed by atoms with Crippen LogP contribution < -0.4 is 0 Å². The largest absolute Gasteiger partial charge is 0.362 e. The van der Waals surface area contributed by atoms with Crippen LogP contribution in [-0.2, 0) is 9.53 Å². The van der Waals surface area contributed by atoms with Crippen molar-refractivity contribution >= 4 is 5.78 Å². The van der Waals surface area contributed by atoms with Crippen molar-refractivity contribution in [3.05, 3.63) is 22.8 Å². The summed E-state index contributed by atoms with van der Waals surface area (Å²) in [6.07, 6.45) is 7.50. The van der Waals surface area contributed by atoms with Crippen molar-refractivity contribution in [2.24, 2.45) is 17.3 Å². The first-order valence-corrected chi connectivity index (χ1v) is 8.86. The highest BCUT2D eigenvalue weighted by Gasteiger charge is 2.75. The Morgan fingerprint density at radius 3 is 2.68 bits per heavy atom.